The van der Waals surface area contributed by atoms with Crippen molar-refractivity contribution in [2.45, 2.75) is 46.1 Å². The van der Waals surface area contributed by atoms with E-state index in [1.165, 1.54) is 35.9 Å². The summed E-state index contributed by atoms with van der Waals surface area (Å²) >= 11 is 5.55. The molecule has 1 aromatic carbocycles. The second-order valence-corrected chi connectivity index (χ2v) is 6.63. The summed E-state index contributed by atoms with van der Waals surface area (Å²) in [7, 11) is 0. The molecule has 1 aromatic heterocycles. The van der Waals surface area contributed by atoms with Crippen molar-refractivity contribution in [3.8, 4) is 0 Å². The number of H-pyrrole nitrogens is 1. The SMILES string of the molecule is Cc1ccc2c(c1)[nH]c(=S)n2C1CCC(C)C(C)C1. The summed E-state index contributed by atoms with van der Waals surface area (Å²) in [4.78, 5) is 3.37. The third kappa shape index (κ3) is 2.25. The minimum atomic E-state index is 0.565. The van der Waals surface area contributed by atoms with Gasteiger partial charge in [-0.2, -0.15) is 0 Å². The molecule has 3 unspecified atom stereocenters. The minimum absolute atomic E-state index is 0.565. The summed E-state index contributed by atoms with van der Waals surface area (Å²) in [6, 6.07) is 7.14. The van der Waals surface area contributed by atoms with E-state index in [-0.39, 0.29) is 0 Å². The fraction of sp³-hybridized carbons (Fsp3) is 0.562. The lowest BCUT2D eigenvalue weighted by Gasteiger charge is -2.33. The van der Waals surface area contributed by atoms with Gasteiger partial charge < -0.3 is 9.55 Å². The van der Waals surface area contributed by atoms with Gasteiger partial charge in [-0.3, -0.25) is 0 Å². The van der Waals surface area contributed by atoms with Gasteiger partial charge in [0.15, 0.2) is 4.77 Å². The van der Waals surface area contributed by atoms with E-state index in [1.54, 1.807) is 0 Å². The Labute approximate surface area is 119 Å². The molecular formula is C16H22N2S. The number of benzene rings is 1. The normalized spacial score (nSPS) is 27.8. The Morgan fingerprint density at radius 2 is 2.00 bits per heavy atom. The topological polar surface area (TPSA) is 20.7 Å². The molecule has 3 rings (SSSR count). The first kappa shape index (κ1) is 12.9. The molecule has 3 atom stereocenters. The van der Waals surface area contributed by atoms with Crippen molar-refractivity contribution in [2.75, 3.05) is 0 Å². The van der Waals surface area contributed by atoms with Crippen molar-refractivity contribution >= 4 is 23.3 Å². The maximum atomic E-state index is 5.55. The number of aromatic amines is 1. The number of hydrogen-bond acceptors (Lipinski definition) is 1. The van der Waals surface area contributed by atoms with Crippen LogP contribution in [0.3, 0.4) is 0 Å². The Kier molecular flexibility index (Phi) is 3.25. The summed E-state index contributed by atoms with van der Waals surface area (Å²) in [5.41, 5.74) is 3.72. The third-order valence-electron chi connectivity index (χ3n) is 4.81. The molecule has 19 heavy (non-hydrogen) atoms. The highest BCUT2D eigenvalue weighted by molar-refractivity contribution is 7.71. The van der Waals surface area contributed by atoms with Crippen molar-refractivity contribution in [3.63, 3.8) is 0 Å². The van der Waals surface area contributed by atoms with E-state index in [2.05, 4.69) is 48.5 Å². The summed E-state index contributed by atoms with van der Waals surface area (Å²) in [5, 5.41) is 0. The molecule has 2 nitrogen and oxygen atoms in total. The fourth-order valence-electron chi connectivity index (χ4n) is 3.36. The molecule has 0 spiro atoms. The number of rotatable bonds is 1. The molecule has 0 amide bonds. The molecule has 0 aliphatic heterocycles. The van der Waals surface area contributed by atoms with Crippen LogP contribution in [0.1, 0.15) is 44.7 Å². The molecule has 1 heterocycles. The number of hydrogen-bond donors (Lipinski definition) is 1. The maximum Gasteiger partial charge on any atom is 0.178 e. The van der Waals surface area contributed by atoms with Gasteiger partial charge in [0.25, 0.3) is 0 Å². The zero-order valence-electron chi connectivity index (χ0n) is 11.9. The Morgan fingerprint density at radius 3 is 2.74 bits per heavy atom. The van der Waals surface area contributed by atoms with Crippen molar-refractivity contribution in [1.29, 1.82) is 0 Å². The van der Waals surface area contributed by atoms with Crippen LogP contribution in [0, 0.1) is 23.5 Å². The predicted molar refractivity (Wildman–Crippen MR) is 83.1 cm³/mol. The van der Waals surface area contributed by atoms with Crippen LogP contribution in [-0.2, 0) is 0 Å². The fourth-order valence-corrected chi connectivity index (χ4v) is 3.72. The Morgan fingerprint density at radius 1 is 1.21 bits per heavy atom. The van der Waals surface area contributed by atoms with E-state index in [0.717, 1.165) is 16.6 Å². The second kappa shape index (κ2) is 4.78. The summed E-state index contributed by atoms with van der Waals surface area (Å²) < 4.78 is 3.24. The number of nitrogens with one attached hydrogen (secondary N) is 1. The predicted octanol–water partition coefficient (Wildman–Crippen LogP) is 5.00. The number of aromatic nitrogens is 2. The van der Waals surface area contributed by atoms with Crippen LogP contribution < -0.4 is 0 Å². The zero-order valence-corrected chi connectivity index (χ0v) is 12.8. The number of aryl methyl sites for hydroxylation is 1. The molecule has 102 valence electrons. The molecule has 0 saturated heterocycles. The third-order valence-corrected chi connectivity index (χ3v) is 5.11. The summed E-state index contributed by atoms with van der Waals surface area (Å²) in [6.07, 6.45) is 3.81. The van der Waals surface area contributed by atoms with E-state index in [4.69, 9.17) is 12.2 Å². The summed E-state index contributed by atoms with van der Waals surface area (Å²) in [6.45, 7) is 6.87. The van der Waals surface area contributed by atoms with Crippen molar-refractivity contribution in [3.05, 3.63) is 28.5 Å². The molecule has 1 aliphatic carbocycles. The van der Waals surface area contributed by atoms with E-state index in [1.807, 2.05) is 0 Å². The van der Waals surface area contributed by atoms with Crippen LogP contribution in [0.25, 0.3) is 11.0 Å². The Hall–Kier alpha value is -1.09. The van der Waals surface area contributed by atoms with Crippen molar-refractivity contribution in [1.82, 2.24) is 9.55 Å². The largest absolute Gasteiger partial charge is 0.331 e. The van der Waals surface area contributed by atoms with Crippen molar-refractivity contribution in [2.24, 2.45) is 11.8 Å². The molecule has 1 fully saturated rings. The quantitative estimate of drug-likeness (QED) is 0.725. The van der Waals surface area contributed by atoms with Crippen LogP contribution in [0.4, 0.5) is 0 Å². The number of imidazole rings is 1. The van der Waals surface area contributed by atoms with Gasteiger partial charge in [-0.25, -0.2) is 0 Å². The van der Waals surface area contributed by atoms with Gasteiger partial charge in [0.05, 0.1) is 11.0 Å². The van der Waals surface area contributed by atoms with Gasteiger partial charge >= 0.3 is 0 Å². The average molecular weight is 274 g/mol. The Balaban J connectivity index is 2.05. The van der Waals surface area contributed by atoms with E-state index in [0.29, 0.717) is 6.04 Å². The molecular weight excluding hydrogens is 252 g/mol. The second-order valence-electron chi connectivity index (χ2n) is 6.24. The highest BCUT2D eigenvalue weighted by Gasteiger charge is 2.26. The lowest BCUT2D eigenvalue weighted by molar-refractivity contribution is 0.212. The van der Waals surface area contributed by atoms with Gasteiger partial charge in [0.1, 0.15) is 0 Å². The zero-order chi connectivity index (χ0) is 13.6. The molecule has 1 saturated carbocycles. The monoisotopic (exact) mass is 274 g/mol. The van der Waals surface area contributed by atoms with E-state index >= 15 is 0 Å². The molecule has 0 radical (unpaired) electrons. The highest BCUT2D eigenvalue weighted by atomic mass is 32.1. The van der Waals surface area contributed by atoms with Gasteiger partial charge in [0.2, 0.25) is 0 Å². The minimum Gasteiger partial charge on any atom is -0.331 e. The van der Waals surface area contributed by atoms with Gasteiger partial charge in [-0.15, -0.1) is 0 Å². The first-order valence-electron chi connectivity index (χ1n) is 7.27. The van der Waals surface area contributed by atoms with Gasteiger partial charge in [-0.05, 0) is 67.9 Å². The van der Waals surface area contributed by atoms with E-state index < -0.39 is 0 Å². The van der Waals surface area contributed by atoms with Crippen LogP contribution in [0.2, 0.25) is 0 Å². The Bertz CT molecular complexity index is 652. The summed E-state index contributed by atoms with van der Waals surface area (Å²) in [5.74, 6) is 1.63. The van der Waals surface area contributed by atoms with Crippen LogP contribution in [0.15, 0.2) is 18.2 Å². The maximum absolute atomic E-state index is 5.55. The lowest BCUT2D eigenvalue weighted by atomic mass is 9.79. The van der Waals surface area contributed by atoms with Crippen LogP contribution in [-0.4, -0.2) is 9.55 Å². The first-order chi connectivity index (χ1) is 9.06. The lowest BCUT2D eigenvalue weighted by Crippen LogP contribution is -2.23. The van der Waals surface area contributed by atoms with E-state index in [9.17, 15) is 0 Å². The van der Waals surface area contributed by atoms with Crippen LogP contribution in [0.5, 0.6) is 0 Å². The number of fused-ring (bicyclic) bond motifs is 1. The number of nitrogens with zero attached hydrogens (tertiary/aromatic N) is 1. The van der Waals surface area contributed by atoms with Gasteiger partial charge in [-0.1, -0.05) is 19.9 Å². The molecule has 0 bridgehead atoms. The highest BCUT2D eigenvalue weighted by Crippen LogP contribution is 2.37. The average Bonchev–Trinajstić information content (AvgIpc) is 2.68. The molecule has 3 heteroatoms. The van der Waals surface area contributed by atoms with Gasteiger partial charge in [0, 0.05) is 6.04 Å². The molecule has 1 aliphatic rings. The van der Waals surface area contributed by atoms with Crippen LogP contribution >= 0.6 is 12.2 Å². The first-order valence-corrected chi connectivity index (χ1v) is 7.68. The molecule has 1 N–H and O–H groups in total. The van der Waals surface area contributed by atoms with Crippen molar-refractivity contribution < 1.29 is 0 Å². The smallest absolute Gasteiger partial charge is 0.178 e. The molecule has 2 aromatic rings. The standard InChI is InChI=1S/C16H22N2S/c1-10-4-7-15-14(8-10)17-16(19)18(15)13-6-5-11(2)12(3)9-13/h4,7-8,11-13H,5-6,9H2,1-3H3,(H,17,19).